The van der Waals surface area contributed by atoms with Crippen molar-refractivity contribution < 1.29 is 18.3 Å². The zero-order valence-electron chi connectivity index (χ0n) is 17.5. The van der Waals surface area contributed by atoms with Gasteiger partial charge in [0.15, 0.2) is 5.82 Å². The van der Waals surface area contributed by atoms with Crippen molar-refractivity contribution in [1.29, 1.82) is 5.26 Å². The first-order valence-corrected chi connectivity index (χ1v) is 10.9. The molecule has 3 fully saturated rings. The van der Waals surface area contributed by atoms with Crippen LogP contribution in [0.5, 0.6) is 0 Å². The van der Waals surface area contributed by atoms with Crippen LogP contribution in [0.1, 0.15) is 43.4 Å². The average molecular weight is 439 g/mol. The number of piperazine rings is 1. The Kier molecular flexibility index (Phi) is 5.25. The van der Waals surface area contributed by atoms with E-state index < -0.39 is 17.2 Å². The molecule has 2 aromatic heterocycles. The first kappa shape index (κ1) is 20.8. The molecule has 0 aromatic carbocycles. The summed E-state index contributed by atoms with van der Waals surface area (Å²) in [6.07, 6.45) is 6.43. The standard InChI is InChI=1S/C23H23F2N5O2/c24-16-8-19(25)22(28-11-16)23(6-1-7-23)32-14-21(31)29-12-17-3-4-18(13-29)30(17)20-5-2-15(9-26)10-27-20/h2,5,8,10-11,17-18H,1,3-4,6-7,12-14H2. The molecule has 7 nitrogen and oxygen atoms in total. The van der Waals surface area contributed by atoms with Gasteiger partial charge in [0.05, 0.1) is 11.8 Å². The molecule has 2 unspecified atom stereocenters. The molecule has 1 aliphatic carbocycles. The van der Waals surface area contributed by atoms with Crippen LogP contribution >= 0.6 is 0 Å². The van der Waals surface area contributed by atoms with Gasteiger partial charge in [-0.25, -0.2) is 13.8 Å². The minimum atomic E-state index is -0.958. The summed E-state index contributed by atoms with van der Waals surface area (Å²) in [6, 6.07) is 6.82. The van der Waals surface area contributed by atoms with Gasteiger partial charge in [0.1, 0.15) is 35.6 Å². The number of carbonyl (C=O) groups excluding carboxylic acids is 1. The summed E-state index contributed by atoms with van der Waals surface area (Å²) in [5, 5.41) is 8.98. The number of nitrogens with zero attached hydrogens (tertiary/aromatic N) is 5. The molecule has 2 saturated heterocycles. The Morgan fingerprint density at radius 1 is 1.19 bits per heavy atom. The van der Waals surface area contributed by atoms with Gasteiger partial charge in [0, 0.05) is 37.4 Å². The number of halogens is 2. The summed E-state index contributed by atoms with van der Waals surface area (Å²) >= 11 is 0. The van der Waals surface area contributed by atoms with Crippen LogP contribution in [0.25, 0.3) is 0 Å². The monoisotopic (exact) mass is 439 g/mol. The average Bonchev–Trinajstić information content (AvgIpc) is 3.03. The first-order chi connectivity index (χ1) is 15.5. The van der Waals surface area contributed by atoms with Crippen molar-refractivity contribution in [2.45, 2.75) is 49.8 Å². The van der Waals surface area contributed by atoms with Crippen LogP contribution in [-0.2, 0) is 15.1 Å². The maximum Gasteiger partial charge on any atom is 0.248 e. The molecular formula is C23H23F2N5O2. The smallest absolute Gasteiger partial charge is 0.248 e. The molecule has 32 heavy (non-hydrogen) atoms. The van der Waals surface area contributed by atoms with E-state index in [0.717, 1.165) is 37.3 Å². The molecular weight excluding hydrogens is 416 g/mol. The van der Waals surface area contributed by atoms with Crippen LogP contribution in [0.3, 0.4) is 0 Å². The second kappa shape index (κ2) is 8.10. The Bertz CT molecular complexity index is 1050. The quantitative estimate of drug-likeness (QED) is 0.713. The number of pyridine rings is 2. The van der Waals surface area contributed by atoms with Gasteiger partial charge in [-0.05, 0) is 44.2 Å². The lowest BCUT2D eigenvalue weighted by molar-refractivity contribution is -0.155. The summed E-state index contributed by atoms with van der Waals surface area (Å²) in [4.78, 5) is 25.4. The summed E-state index contributed by atoms with van der Waals surface area (Å²) in [5.74, 6) is -0.783. The van der Waals surface area contributed by atoms with Crippen molar-refractivity contribution >= 4 is 11.7 Å². The summed E-state index contributed by atoms with van der Waals surface area (Å²) < 4.78 is 33.5. The van der Waals surface area contributed by atoms with Crippen molar-refractivity contribution in [3.05, 3.63) is 53.5 Å². The molecule has 1 saturated carbocycles. The van der Waals surface area contributed by atoms with Gasteiger partial charge in [0.25, 0.3) is 0 Å². The molecule has 2 aromatic rings. The Hall–Kier alpha value is -3.12. The van der Waals surface area contributed by atoms with Gasteiger partial charge < -0.3 is 14.5 Å². The third kappa shape index (κ3) is 3.58. The van der Waals surface area contributed by atoms with E-state index in [4.69, 9.17) is 10.00 Å². The van der Waals surface area contributed by atoms with Crippen LogP contribution in [0, 0.1) is 23.0 Å². The Morgan fingerprint density at radius 2 is 1.94 bits per heavy atom. The number of anilines is 1. The SMILES string of the molecule is N#Cc1ccc(N2C3CCC2CN(C(=O)COC2(c4ncc(F)cc4F)CCC2)C3)nc1. The normalized spacial score (nSPS) is 23.5. The predicted octanol–water partition coefficient (Wildman–Crippen LogP) is 2.90. The molecule has 4 heterocycles. The molecule has 0 radical (unpaired) electrons. The maximum absolute atomic E-state index is 14.3. The topological polar surface area (TPSA) is 82.4 Å². The molecule has 2 aliphatic heterocycles. The second-order valence-corrected chi connectivity index (χ2v) is 8.73. The van der Waals surface area contributed by atoms with E-state index in [2.05, 4.69) is 20.9 Å². The van der Waals surface area contributed by atoms with E-state index in [9.17, 15) is 13.6 Å². The highest BCUT2D eigenvalue weighted by molar-refractivity contribution is 5.78. The van der Waals surface area contributed by atoms with Crippen molar-refractivity contribution in [2.24, 2.45) is 0 Å². The number of fused-ring (bicyclic) bond motifs is 2. The van der Waals surface area contributed by atoms with E-state index in [0.29, 0.717) is 31.5 Å². The molecule has 0 spiro atoms. The Labute approximate surface area is 184 Å². The van der Waals surface area contributed by atoms with Crippen LogP contribution in [0.15, 0.2) is 30.6 Å². The Morgan fingerprint density at radius 3 is 2.50 bits per heavy atom. The van der Waals surface area contributed by atoms with Gasteiger partial charge in [-0.1, -0.05) is 0 Å². The fraction of sp³-hybridized carbons (Fsp3) is 0.478. The minimum Gasteiger partial charge on any atom is -0.359 e. The zero-order chi connectivity index (χ0) is 22.3. The number of ether oxygens (including phenoxy) is 1. The minimum absolute atomic E-state index is 0.0785. The number of likely N-dealkylation sites (tertiary alicyclic amines) is 1. The van der Waals surface area contributed by atoms with Gasteiger partial charge in [-0.3, -0.25) is 9.78 Å². The third-order valence-electron chi connectivity index (χ3n) is 6.85. The number of rotatable bonds is 5. The van der Waals surface area contributed by atoms with E-state index in [1.165, 1.54) is 0 Å². The van der Waals surface area contributed by atoms with Crippen LogP contribution in [0.4, 0.5) is 14.6 Å². The number of carbonyl (C=O) groups is 1. The highest BCUT2D eigenvalue weighted by Gasteiger charge is 2.45. The van der Waals surface area contributed by atoms with Gasteiger partial charge >= 0.3 is 0 Å². The fourth-order valence-corrected chi connectivity index (χ4v) is 5.07. The third-order valence-corrected chi connectivity index (χ3v) is 6.85. The lowest BCUT2D eigenvalue weighted by Crippen LogP contribution is -2.56. The van der Waals surface area contributed by atoms with Crippen LogP contribution in [0.2, 0.25) is 0 Å². The van der Waals surface area contributed by atoms with Gasteiger partial charge in [-0.2, -0.15) is 5.26 Å². The van der Waals surface area contributed by atoms with E-state index >= 15 is 0 Å². The van der Waals surface area contributed by atoms with E-state index in [-0.39, 0.29) is 30.3 Å². The molecule has 2 atom stereocenters. The highest BCUT2D eigenvalue weighted by Crippen LogP contribution is 2.45. The maximum atomic E-state index is 14.3. The summed E-state index contributed by atoms with van der Waals surface area (Å²) in [5.41, 5.74) is -0.362. The zero-order valence-corrected chi connectivity index (χ0v) is 17.5. The predicted molar refractivity (Wildman–Crippen MR) is 110 cm³/mol. The molecule has 2 bridgehead atoms. The van der Waals surface area contributed by atoms with E-state index in [1.54, 1.807) is 12.3 Å². The first-order valence-electron chi connectivity index (χ1n) is 10.9. The van der Waals surface area contributed by atoms with Crippen LogP contribution in [-0.4, -0.2) is 52.6 Å². The number of hydrogen-bond donors (Lipinski definition) is 0. The lowest BCUT2D eigenvalue weighted by atomic mass is 9.77. The van der Waals surface area contributed by atoms with Crippen LogP contribution < -0.4 is 4.90 Å². The summed E-state index contributed by atoms with van der Waals surface area (Å²) in [6.45, 7) is 0.972. The molecule has 5 rings (SSSR count). The van der Waals surface area contributed by atoms with Gasteiger partial charge in [0.2, 0.25) is 5.91 Å². The second-order valence-electron chi connectivity index (χ2n) is 8.73. The largest absolute Gasteiger partial charge is 0.359 e. The van der Waals surface area contributed by atoms with Crippen molar-refractivity contribution in [3.63, 3.8) is 0 Å². The van der Waals surface area contributed by atoms with Gasteiger partial charge in [-0.15, -0.1) is 0 Å². The highest BCUT2D eigenvalue weighted by atomic mass is 19.1. The molecule has 1 amide bonds. The molecule has 3 aliphatic rings. The van der Waals surface area contributed by atoms with E-state index in [1.807, 2.05) is 11.0 Å². The van der Waals surface area contributed by atoms with Crippen molar-refractivity contribution in [2.75, 3.05) is 24.6 Å². The van der Waals surface area contributed by atoms with Crippen molar-refractivity contribution in [3.8, 4) is 6.07 Å². The molecule has 9 heteroatoms. The summed E-state index contributed by atoms with van der Waals surface area (Å²) in [7, 11) is 0. The number of nitriles is 1. The number of amides is 1. The lowest BCUT2D eigenvalue weighted by Gasteiger charge is -2.43. The molecule has 166 valence electrons. The number of hydrogen-bond acceptors (Lipinski definition) is 6. The van der Waals surface area contributed by atoms with Crippen molar-refractivity contribution in [1.82, 2.24) is 14.9 Å². The molecule has 0 N–H and O–H groups in total. The Balaban J connectivity index is 1.24. The fourth-order valence-electron chi connectivity index (χ4n) is 5.07. The number of aromatic nitrogens is 2.